The maximum Gasteiger partial charge on any atom is 0.241 e. The largest absolute Gasteiger partial charge is 0.548 e. The first-order chi connectivity index (χ1) is 8.63. The zero-order valence-corrected chi connectivity index (χ0v) is 14.6. The van der Waals surface area contributed by atoms with Gasteiger partial charge in [0.25, 0.3) is 0 Å². The minimum atomic E-state index is -1.47. The third kappa shape index (κ3) is 6.10. The fourth-order valence-electron chi connectivity index (χ4n) is 2.48. The molecule has 1 rings (SSSR count). The lowest BCUT2D eigenvalue weighted by Gasteiger charge is -2.20. The Kier molecular flexibility index (Phi) is 5.65. The van der Waals surface area contributed by atoms with Crippen molar-refractivity contribution < 1.29 is 13.9 Å². The first-order valence-corrected chi connectivity index (χ1v) is 10.8. The van der Waals surface area contributed by atoms with Gasteiger partial charge in [-0.3, -0.25) is 0 Å². The van der Waals surface area contributed by atoms with Gasteiger partial charge >= 0.3 is 0 Å². The Morgan fingerprint density at radius 1 is 1.21 bits per heavy atom. The van der Waals surface area contributed by atoms with Crippen LogP contribution in [0, 0.1) is 0 Å². The first kappa shape index (κ1) is 16.7. The molecule has 4 heteroatoms. The summed E-state index contributed by atoms with van der Waals surface area (Å²) in [4.78, 5) is 0. The molecule has 0 bridgehead atoms. The van der Waals surface area contributed by atoms with Crippen LogP contribution in [0.15, 0.2) is 11.8 Å². The third-order valence-electron chi connectivity index (χ3n) is 3.04. The van der Waals surface area contributed by atoms with Crippen LogP contribution in [0.25, 0.3) is 0 Å². The van der Waals surface area contributed by atoms with Crippen molar-refractivity contribution in [3.63, 3.8) is 0 Å². The van der Waals surface area contributed by atoms with E-state index in [1.165, 1.54) is 0 Å². The molecule has 112 valence electrons. The smallest absolute Gasteiger partial charge is 0.241 e. The van der Waals surface area contributed by atoms with E-state index in [9.17, 15) is 0 Å². The molecule has 0 radical (unpaired) electrons. The van der Waals surface area contributed by atoms with Gasteiger partial charge in [0.2, 0.25) is 8.32 Å². The fraction of sp³-hybridized carbons (Fsp3) is 0.867. The second-order valence-electron chi connectivity index (χ2n) is 6.73. The molecule has 1 heterocycles. The number of hydrogen-bond acceptors (Lipinski definition) is 3. The molecule has 0 aliphatic carbocycles. The molecule has 0 saturated carbocycles. The predicted molar refractivity (Wildman–Crippen MR) is 81.5 cm³/mol. The van der Waals surface area contributed by atoms with Crippen LogP contribution in [0.4, 0.5) is 0 Å². The molecule has 0 N–H and O–H groups in total. The van der Waals surface area contributed by atoms with Crippen molar-refractivity contribution in [3.8, 4) is 0 Å². The van der Waals surface area contributed by atoms with Crippen LogP contribution in [-0.2, 0) is 13.9 Å². The van der Waals surface area contributed by atoms with Gasteiger partial charge in [-0.15, -0.1) is 0 Å². The third-order valence-corrected chi connectivity index (χ3v) is 3.97. The minimum absolute atomic E-state index is 0.205. The Bertz CT molecular complexity index is 318. The van der Waals surface area contributed by atoms with Crippen LogP contribution in [0.2, 0.25) is 19.6 Å². The van der Waals surface area contributed by atoms with Crippen molar-refractivity contribution in [2.45, 2.75) is 84.6 Å². The average Bonchev–Trinajstić information content (AvgIpc) is 2.50. The highest BCUT2D eigenvalue weighted by Crippen LogP contribution is 2.32. The molecule has 1 saturated heterocycles. The molecule has 0 unspecified atom stereocenters. The van der Waals surface area contributed by atoms with E-state index in [2.05, 4.69) is 32.6 Å². The van der Waals surface area contributed by atoms with Crippen LogP contribution >= 0.6 is 0 Å². The lowest BCUT2D eigenvalue weighted by Crippen LogP contribution is -2.24. The van der Waals surface area contributed by atoms with Crippen molar-refractivity contribution in [3.05, 3.63) is 11.8 Å². The summed E-state index contributed by atoms with van der Waals surface area (Å²) in [6.45, 7) is 14.8. The summed E-state index contributed by atoms with van der Waals surface area (Å²) in [5.41, 5.74) is 0. The van der Waals surface area contributed by atoms with Gasteiger partial charge < -0.3 is 13.9 Å². The lowest BCUT2D eigenvalue weighted by atomic mass is 10.1. The Balaban J connectivity index is 2.42. The van der Waals surface area contributed by atoms with Crippen molar-refractivity contribution in [1.29, 1.82) is 0 Å². The zero-order chi connectivity index (χ0) is 14.7. The normalized spacial score (nSPS) is 27.6. The van der Waals surface area contributed by atoms with E-state index in [0.717, 1.165) is 25.0 Å². The van der Waals surface area contributed by atoms with Gasteiger partial charge in [0.15, 0.2) is 5.79 Å². The summed E-state index contributed by atoms with van der Waals surface area (Å²) < 4.78 is 17.8. The fourth-order valence-corrected chi connectivity index (χ4v) is 3.52. The van der Waals surface area contributed by atoms with Crippen molar-refractivity contribution >= 4 is 8.32 Å². The standard InChI is InChI=1S/C15H30O3Si/c1-8-13-14(17-15(3,4)16-13)11-9-10-12(2)18-19(5,6)7/h10,13-14H,8-9,11H2,1-7H3/b12-10+/t13-,14-/m1/s1. The maximum absolute atomic E-state index is 5.95. The number of hydrogen-bond donors (Lipinski definition) is 0. The minimum Gasteiger partial charge on any atom is -0.548 e. The summed E-state index contributed by atoms with van der Waals surface area (Å²) >= 11 is 0. The predicted octanol–water partition coefficient (Wildman–Crippen LogP) is 4.45. The molecular formula is C15H30O3Si. The Hall–Kier alpha value is -0.323. The van der Waals surface area contributed by atoms with E-state index in [4.69, 9.17) is 13.9 Å². The van der Waals surface area contributed by atoms with Crippen LogP contribution in [-0.4, -0.2) is 26.3 Å². The molecule has 3 nitrogen and oxygen atoms in total. The molecule has 1 aliphatic rings. The van der Waals surface area contributed by atoms with Crippen LogP contribution in [0.5, 0.6) is 0 Å². The topological polar surface area (TPSA) is 27.7 Å². The molecule has 0 amide bonds. The van der Waals surface area contributed by atoms with Crippen LogP contribution in [0.1, 0.15) is 47.0 Å². The van der Waals surface area contributed by atoms with E-state index < -0.39 is 14.1 Å². The molecule has 0 aromatic heterocycles. The summed E-state index contributed by atoms with van der Waals surface area (Å²) in [5, 5.41) is 0. The van der Waals surface area contributed by atoms with Gasteiger partial charge in [-0.25, -0.2) is 0 Å². The highest BCUT2D eigenvalue weighted by molar-refractivity contribution is 6.70. The van der Waals surface area contributed by atoms with Gasteiger partial charge in [0.1, 0.15) is 0 Å². The second kappa shape index (κ2) is 6.42. The van der Waals surface area contributed by atoms with Crippen LogP contribution < -0.4 is 0 Å². The van der Waals surface area contributed by atoms with E-state index in [1.807, 2.05) is 20.8 Å². The van der Waals surface area contributed by atoms with Gasteiger partial charge in [-0.1, -0.05) is 6.92 Å². The second-order valence-corrected chi connectivity index (χ2v) is 11.2. The highest BCUT2D eigenvalue weighted by atomic mass is 28.4. The molecule has 1 fully saturated rings. The lowest BCUT2D eigenvalue weighted by molar-refractivity contribution is -0.146. The number of rotatable bonds is 6. The molecule has 0 spiro atoms. The molecule has 1 aliphatic heterocycles. The van der Waals surface area contributed by atoms with Crippen molar-refractivity contribution in [2.24, 2.45) is 0 Å². The molecule has 19 heavy (non-hydrogen) atoms. The number of allylic oxidation sites excluding steroid dienone is 2. The van der Waals surface area contributed by atoms with Crippen molar-refractivity contribution in [1.82, 2.24) is 0 Å². The summed E-state index contributed by atoms with van der Waals surface area (Å²) in [5.74, 6) is 0.615. The first-order valence-electron chi connectivity index (χ1n) is 7.34. The monoisotopic (exact) mass is 286 g/mol. The van der Waals surface area contributed by atoms with Crippen LogP contribution in [0.3, 0.4) is 0 Å². The highest BCUT2D eigenvalue weighted by Gasteiger charge is 2.39. The van der Waals surface area contributed by atoms with E-state index >= 15 is 0 Å². The Morgan fingerprint density at radius 2 is 1.79 bits per heavy atom. The van der Waals surface area contributed by atoms with E-state index in [0.29, 0.717) is 0 Å². The summed E-state index contributed by atoms with van der Waals surface area (Å²) in [6, 6.07) is 0. The van der Waals surface area contributed by atoms with E-state index in [-0.39, 0.29) is 12.2 Å². The summed E-state index contributed by atoms with van der Waals surface area (Å²) in [7, 11) is -1.47. The maximum atomic E-state index is 5.95. The van der Waals surface area contributed by atoms with Gasteiger partial charge in [0.05, 0.1) is 18.0 Å². The summed E-state index contributed by atoms with van der Waals surface area (Å²) in [6.07, 6.45) is 5.59. The van der Waals surface area contributed by atoms with E-state index in [1.54, 1.807) is 0 Å². The quantitative estimate of drug-likeness (QED) is 0.533. The SMILES string of the molecule is CC[C@H]1OC(C)(C)O[C@@H]1CC/C=C(\C)O[Si](C)(C)C. The zero-order valence-electron chi connectivity index (χ0n) is 13.6. The van der Waals surface area contributed by atoms with Crippen molar-refractivity contribution in [2.75, 3.05) is 0 Å². The Morgan fingerprint density at radius 3 is 2.32 bits per heavy atom. The van der Waals surface area contributed by atoms with Gasteiger partial charge in [0, 0.05) is 0 Å². The van der Waals surface area contributed by atoms with Gasteiger partial charge in [-0.05, 0) is 65.8 Å². The Labute approximate surface area is 119 Å². The van der Waals surface area contributed by atoms with Gasteiger partial charge in [-0.2, -0.15) is 0 Å². The molecule has 0 aromatic carbocycles. The molecular weight excluding hydrogens is 256 g/mol. The number of ether oxygens (including phenoxy) is 2. The average molecular weight is 286 g/mol. The molecule has 2 atom stereocenters. The molecule has 0 aromatic rings.